The molecule has 0 amide bonds. The van der Waals surface area contributed by atoms with Crippen molar-refractivity contribution >= 4 is 0 Å². The average Bonchev–Trinajstić information content (AvgIpc) is 2.65. The molecular weight excluding hydrogens is 203 g/mol. The summed E-state index contributed by atoms with van der Waals surface area (Å²) in [6.45, 7) is 3.83. The van der Waals surface area contributed by atoms with E-state index < -0.39 is 5.60 Å². The van der Waals surface area contributed by atoms with Gasteiger partial charge in [0.1, 0.15) is 5.82 Å². The van der Waals surface area contributed by atoms with Gasteiger partial charge in [-0.3, -0.25) is 0 Å². The van der Waals surface area contributed by atoms with Gasteiger partial charge in [-0.15, -0.1) is 0 Å². The Morgan fingerprint density at radius 3 is 2.88 bits per heavy atom. The highest BCUT2D eigenvalue weighted by Crippen LogP contribution is 2.45. The molecule has 2 rings (SSSR count). The minimum Gasteiger partial charge on any atom is -0.385 e. The number of halogens is 1. The topological polar surface area (TPSA) is 20.2 Å². The zero-order valence-electron chi connectivity index (χ0n) is 9.96. The van der Waals surface area contributed by atoms with Crippen LogP contribution in [0.2, 0.25) is 0 Å². The van der Waals surface area contributed by atoms with Gasteiger partial charge in [0.25, 0.3) is 0 Å². The Kier molecular flexibility index (Phi) is 3.02. The zero-order chi connectivity index (χ0) is 11.8. The highest BCUT2D eigenvalue weighted by Gasteiger charge is 2.41. The lowest BCUT2D eigenvalue weighted by Crippen LogP contribution is -2.30. The van der Waals surface area contributed by atoms with Crippen LogP contribution in [0.5, 0.6) is 0 Å². The summed E-state index contributed by atoms with van der Waals surface area (Å²) in [6, 6.07) is 5.13. The summed E-state index contributed by atoms with van der Waals surface area (Å²) in [5.41, 5.74) is 0.585. The van der Waals surface area contributed by atoms with Crippen LogP contribution in [0.4, 0.5) is 4.39 Å². The number of rotatable bonds is 2. The van der Waals surface area contributed by atoms with E-state index in [0.717, 1.165) is 31.2 Å². The molecule has 16 heavy (non-hydrogen) atoms. The lowest BCUT2D eigenvalue weighted by molar-refractivity contribution is -0.00414. The average molecular weight is 222 g/mol. The normalized spacial score (nSPS) is 29.6. The molecule has 1 aliphatic rings. The molecule has 0 bridgehead atoms. The molecular formula is C14H19FO. The van der Waals surface area contributed by atoms with Crippen LogP contribution in [-0.2, 0) is 5.60 Å². The highest BCUT2D eigenvalue weighted by molar-refractivity contribution is 5.29. The molecule has 88 valence electrons. The maximum absolute atomic E-state index is 13.5. The number of aliphatic hydroxyl groups is 1. The quantitative estimate of drug-likeness (QED) is 0.811. The fourth-order valence-corrected chi connectivity index (χ4v) is 2.84. The van der Waals surface area contributed by atoms with Crippen LogP contribution in [-0.4, -0.2) is 5.11 Å². The Morgan fingerprint density at radius 1 is 1.50 bits per heavy atom. The van der Waals surface area contributed by atoms with Gasteiger partial charge < -0.3 is 5.11 Å². The number of hydrogen-bond donors (Lipinski definition) is 1. The summed E-state index contributed by atoms with van der Waals surface area (Å²) < 4.78 is 13.5. The third-order valence-corrected chi connectivity index (χ3v) is 3.95. The minimum absolute atomic E-state index is 0.215. The molecule has 0 aromatic heterocycles. The lowest BCUT2D eigenvalue weighted by atomic mass is 9.82. The van der Waals surface area contributed by atoms with Gasteiger partial charge in [0, 0.05) is 0 Å². The maximum atomic E-state index is 13.5. The number of aryl methyl sites for hydroxylation is 1. The fraction of sp³-hybridized carbons (Fsp3) is 0.571. The van der Waals surface area contributed by atoms with E-state index in [1.807, 2.05) is 6.07 Å². The largest absolute Gasteiger partial charge is 0.385 e. The van der Waals surface area contributed by atoms with Crippen LogP contribution in [0, 0.1) is 18.7 Å². The van der Waals surface area contributed by atoms with E-state index in [4.69, 9.17) is 0 Å². The summed E-state index contributed by atoms with van der Waals surface area (Å²) in [5.74, 6) is 0.0577. The first-order valence-electron chi connectivity index (χ1n) is 6.07. The van der Waals surface area contributed by atoms with Crippen molar-refractivity contribution in [3.8, 4) is 0 Å². The molecule has 1 saturated carbocycles. The molecule has 1 aromatic rings. The van der Waals surface area contributed by atoms with Gasteiger partial charge in [0.15, 0.2) is 0 Å². The van der Waals surface area contributed by atoms with Gasteiger partial charge in [-0.2, -0.15) is 0 Å². The van der Waals surface area contributed by atoms with Crippen LogP contribution >= 0.6 is 0 Å². The molecule has 2 unspecified atom stereocenters. The second-order valence-electron chi connectivity index (χ2n) is 4.89. The smallest absolute Gasteiger partial charge is 0.126 e. The van der Waals surface area contributed by atoms with E-state index >= 15 is 0 Å². The molecule has 0 saturated heterocycles. The van der Waals surface area contributed by atoms with E-state index in [0.29, 0.717) is 5.56 Å². The number of benzene rings is 1. The van der Waals surface area contributed by atoms with E-state index in [1.54, 1.807) is 13.0 Å². The number of hydrogen-bond acceptors (Lipinski definition) is 1. The Labute approximate surface area is 96.3 Å². The first kappa shape index (κ1) is 11.6. The van der Waals surface area contributed by atoms with Crippen LogP contribution in [0.15, 0.2) is 18.2 Å². The third kappa shape index (κ3) is 1.75. The van der Waals surface area contributed by atoms with E-state index in [2.05, 4.69) is 6.92 Å². The summed E-state index contributed by atoms with van der Waals surface area (Å²) in [5, 5.41) is 10.7. The van der Waals surface area contributed by atoms with Gasteiger partial charge in [0.2, 0.25) is 0 Å². The monoisotopic (exact) mass is 222 g/mol. The van der Waals surface area contributed by atoms with E-state index in [-0.39, 0.29) is 11.7 Å². The molecule has 2 atom stereocenters. The van der Waals surface area contributed by atoms with Crippen LogP contribution in [0.3, 0.4) is 0 Å². The molecule has 1 N–H and O–H groups in total. The first-order chi connectivity index (χ1) is 7.58. The molecule has 0 aliphatic heterocycles. The molecule has 1 aromatic carbocycles. The van der Waals surface area contributed by atoms with Crippen LogP contribution < -0.4 is 0 Å². The molecule has 2 heteroatoms. The van der Waals surface area contributed by atoms with Gasteiger partial charge >= 0.3 is 0 Å². The predicted octanol–water partition coefficient (Wildman–Crippen LogP) is 3.53. The second-order valence-corrected chi connectivity index (χ2v) is 4.89. The maximum Gasteiger partial charge on any atom is 0.126 e. The van der Waals surface area contributed by atoms with Crippen molar-refractivity contribution < 1.29 is 9.50 Å². The third-order valence-electron chi connectivity index (χ3n) is 3.95. The van der Waals surface area contributed by atoms with Crippen molar-refractivity contribution in [3.63, 3.8) is 0 Å². The van der Waals surface area contributed by atoms with Crippen LogP contribution in [0.25, 0.3) is 0 Å². The summed E-state index contributed by atoms with van der Waals surface area (Å²) >= 11 is 0. The van der Waals surface area contributed by atoms with Gasteiger partial charge in [0.05, 0.1) is 5.60 Å². The second kappa shape index (κ2) is 4.17. The molecule has 0 heterocycles. The first-order valence-corrected chi connectivity index (χ1v) is 6.07. The van der Waals surface area contributed by atoms with Gasteiger partial charge in [-0.1, -0.05) is 25.5 Å². The minimum atomic E-state index is -0.802. The molecule has 1 nitrogen and oxygen atoms in total. The van der Waals surface area contributed by atoms with Gasteiger partial charge in [-0.05, 0) is 49.3 Å². The Balaban J connectivity index is 2.38. The highest BCUT2D eigenvalue weighted by atomic mass is 19.1. The van der Waals surface area contributed by atoms with Crippen molar-refractivity contribution in [1.29, 1.82) is 0 Å². The molecule has 0 radical (unpaired) electrons. The Bertz CT molecular complexity index is 388. The molecule has 0 spiro atoms. The van der Waals surface area contributed by atoms with Crippen molar-refractivity contribution in [2.75, 3.05) is 0 Å². The predicted molar refractivity (Wildman–Crippen MR) is 62.7 cm³/mol. The molecule has 1 fully saturated rings. The Hall–Kier alpha value is -0.890. The lowest BCUT2D eigenvalue weighted by Gasteiger charge is -2.30. The van der Waals surface area contributed by atoms with E-state index in [9.17, 15) is 9.50 Å². The molecule has 1 aliphatic carbocycles. The van der Waals surface area contributed by atoms with Crippen molar-refractivity contribution in [1.82, 2.24) is 0 Å². The fourth-order valence-electron chi connectivity index (χ4n) is 2.84. The SMILES string of the molecule is CCC1CCCC1(O)c1ccc(C)c(F)c1. The summed E-state index contributed by atoms with van der Waals surface area (Å²) in [4.78, 5) is 0. The zero-order valence-corrected chi connectivity index (χ0v) is 9.96. The Morgan fingerprint density at radius 2 is 2.25 bits per heavy atom. The summed E-state index contributed by atoms with van der Waals surface area (Å²) in [6.07, 6.45) is 3.78. The standard InChI is InChI=1S/C14H19FO/c1-3-11-5-4-8-14(11,16)12-7-6-10(2)13(15)9-12/h6-7,9,11,16H,3-5,8H2,1-2H3. The summed E-state index contributed by atoms with van der Waals surface area (Å²) in [7, 11) is 0. The van der Waals surface area contributed by atoms with Crippen LogP contribution in [0.1, 0.15) is 43.7 Å². The van der Waals surface area contributed by atoms with E-state index in [1.165, 1.54) is 6.07 Å². The van der Waals surface area contributed by atoms with Crippen molar-refractivity contribution in [2.24, 2.45) is 5.92 Å². The van der Waals surface area contributed by atoms with Gasteiger partial charge in [-0.25, -0.2) is 4.39 Å². The van der Waals surface area contributed by atoms with Crippen molar-refractivity contribution in [3.05, 3.63) is 35.1 Å². The van der Waals surface area contributed by atoms with Crippen molar-refractivity contribution in [2.45, 2.75) is 45.1 Å².